The van der Waals surface area contributed by atoms with Gasteiger partial charge >= 0.3 is 6.08 Å². The lowest BCUT2D eigenvalue weighted by Crippen LogP contribution is -2.34. The number of ether oxygens (including phenoxy) is 1. The van der Waals surface area contributed by atoms with Crippen LogP contribution in [-0.4, -0.2) is 29.4 Å². The molecule has 1 aromatic heterocycles. The first kappa shape index (κ1) is 17.8. The summed E-state index contributed by atoms with van der Waals surface area (Å²) in [5.74, 6) is 0.421. The van der Waals surface area contributed by atoms with Gasteiger partial charge in [-0.3, -0.25) is 4.79 Å². The molecular weight excluding hydrogens is 340 g/mol. The van der Waals surface area contributed by atoms with Gasteiger partial charge in [-0.05, 0) is 42.4 Å². The van der Waals surface area contributed by atoms with E-state index in [9.17, 15) is 4.79 Å². The van der Waals surface area contributed by atoms with Crippen LogP contribution in [-0.2, 0) is 4.79 Å². The minimum atomic E-state index is -0.128. The zero-order chi connectivity index (χ0) is 18.2. The van der Waals surface area contributed by atoms with Crippen LogP contribution in [0.2, 0.25) is 5.02 Å². The van der Waals surface area contributed by atoms with Crippen LogP contribution in [0.25, 0.3) is 11.1 Å². The summed E-state index contributed by atoms with van der Waals surface area (Å²) >= 11 is 5.93. The van der Waals surface area contributed by atoms with Crippen molar-refractivity contribution in [1.82, 2.24) is 9.88 Å². The molecule has 0 bridgehead atoms. The highest BCUT2D eigenvalue weighted by Crippen LogP contribution is 2.37. The number of benzene rings is 1. The molecule has 25 heavy (non-hydrogen) atoms. The van der Waals surface area contributed by atoms with Gasteiger partial charge in [0.05, 0.1) is 0 Å². The molecule has 0 radical (unpaired) electrons. The predicted molar refractivity (Wildman–Crippen MR) is 97.5 cm³/mol. The van der Waals surface area contributed by atoms with Gasteiger partial charge in [0.15, 0.2) is 12.2 Å². The number of fused-ring (bicyclic) bond motifs is 1. The average Bonchev–Trinajstić information content (AvgIpc) is 2.91. The molecule has 0 saturated carbocycles. The minimum absolute atomic E-state index is 0.0744. The second kappa shape index (κ2) is 6.71. The van der Waals surface area contributed by atoms with E-state index in [-0.39, 0.29) is 24.0 Å². The van der Waals surface area contributed by atoms with Crippen LogP contribution in [0.4, 0.5) is 0 Å². The molecule has 2 aromatic rings. The fraction of sp³-hybridized carbons (Fsp3) is 0.474. The number of allylic oxidation sites excluding steroid dienone is 2. The molecule has 3 rings (SSSR count). The van der Waals surface area contributed by atoms with Gasteiger partial charge in [-0.25, -0.2) is 0 Å². The number of likely N-dealkylation sites (N-methyl/N-ethyl adjacent to an activating group) is 1. The smallest absolute Gasteiger partial charge is 0.395 e. The van der Waals surface area contributed by atoms with E-state index in [1.807, 2.05) is 0 Å². The van der Waals surface area contributed by atoms with Crippen LogP contribution in [0.3, 0.4) is 0 Å². The van der Waals surface area contributed by atoms with E-state index in [0.29, 0.717) is 22.0 Å². The monoisotopic (exact) mass is 362 g/mol. The average molecular weight is 363 g/mol. The molecule has 0 spiro atoms. The Balaban J connectivity index is 1.66. The van der Waals surface area contributed by atoms with Crippen molar-refractivity contribution in [2.45, 2.75) is 33.6 Å². The Bertz CT molecular complexity index is 825. The van der Waals surface area contributed by atoms with Gasteiger partial charge in [0.1, 0.15) is 5.52 Å². The third-order valence-electron chi connectivity index (χ3n) is 4.44. The quantitative estimate of drug-likeness (QED) is 0.793. The third kappa shape index (κ3) is 4.15. The zero-order valence-corrected chi connectivity index (χ0v) is 15.8. The number of oxazole rings is 1. The van der Waals surface area contributed by atoms with Crippen molar-refractivity contribution < 1.29 is 13.9 Å². The highest BCUT2D eigenvalue weighted by Gasteiger charge is 2.28. The van der Waals surface area contributed by atoms with E-state index < -0.39 is 0 Å². The number of amides is 1. The summed E-state index contributed by atoms with van der Waals surface area (Å²) in [5.41, 5.74) is 2.32. The number of halogens is 1. The number of hydrogen-bond donors (Lipinski definition) is 0. The number of aromatic nitrogens is 1. The minimum Gasteiger partial charge on any atom is -0.440 e. The van der Waals surface area contributed by atoms with Crippen LogP contribution >= 0.6 is 11.6 Å². The fourth-order valence-electron chi connectivity index (χ4n) is 3.45. The summed E-state index contributed by atoms with van der Waals surface area (Å²) in [6.45, 7) is 6.48. The Labute approximate surface area is 152 Å². The molecule has 1 aliphatic rings. The normalized spacial score (nSPS) is 19.6. The first-order valence-corrected chi connectivity index (χ1v) is 8.78. The van der Waals surface area contributed by atoms with Crippen molar-refractivity contribution in [1.29, 1.82) is 0 Å². The zero-order valence-electron chi connectivity index (χ0n) is 15.0. The Hall–Kier alpha value is -2.01. The van der Waals surface area contributed by atoms with E-state index in [0.717, 1.165) is 18.5 Å². The molecule has 134 valence electrons. The lowest BCUT2D eigenvalue weighted by Gasteiger charge is -2.35. The highest BCUT2D eigenvalue weighted by atomic mass is 35.5. The molecule has 1 heterocycles. The summed E-state index contributed by atoms with van der Waals surface area (Å²) in [5, 5.41) is 0.573. The van der Waals surface area contributed by atoms with Gasteiger partial charge in [0, 0.05) is 17.8 Å². The van der Waals surface area contributed by atoms with Gasteiger partial charge in [-0.15, -0.1) is 0 Å². The Morgan fingerprint density at radius 2 is 2.24 bits per heavy atom. The second-order valence-corrected chi connectivity index (χ2v) is 7.91. The van der Waals surface area contributed by atoms with Gasteiger partial charge < -0.3 is 14.1 Å². The molecule has 1 atom stereocenters. The molecule has 1 aliphatic carbocycles. The van der Waals surface area contributed by atoms with Crippen molar-refractivity contribution in [3.63, 3.8) is 0 Å². The van der Waals surface area contributed by atoms with Gasteiger partial charge in [-0.2, -0.15) is 4.98 Å². The van der Waals surface area contributed by atoms with Crippen LogP contribution in [0, 0.1) is 11.3 Å². The second-order valence-electron chi connectivity index (χ2n) is 7.47. The molecule has 6 heteroatoms. The molecule has 1 aromatic carbocycles. The van der Waals surface area contributed by atoms with Crippen molar-refractivity contribution >= 4 is 28.6 Å². The maximum absolute atomic E-state index is 12.5. The van der Waals surface area contributed by atoms with Crippen LogP contribution < -0.4 is 4.74 Å². The summed E-state index contributed by atoms with van der Waals surface area (Å²) in [6, 6.07) is 5.13. The van der Waals surface area contributed by atoms with Gasteiger partial charge in [-0.1, -0.05) is 38.4 Å². The summed E-state index contributed by atoms with van der Waals surface area (Å²) in [4.78, 5) is 18.3. The number of carbonyl (C=O) groups is 1. The number of rotatable bonds is 4. The SMILES string of the molecule is CC1CC(N(C)C(=O)COc2nc3cc(Cl)ccc3o2)=CC(C)(C)C1. The molecular formula is C19H23ClN2O3. The molecule has 5 nitrogen and oxygen atoms in total. The Morgan fingerprint density at radius 3 is 2.96 bits per heavy atom. The van der Waals surface area contributed by atoms with E-state index in [1.165, 1.54) is 0 Å². The number of nitrogens with zero attached hydrogens (tertiary/aromatic N) is 2. The van der Waals surface area contributed by atoms with Crippen molar-refractivity contribution in [3.05, 3.63) is 35.0 Å². The van der Waals surface area contributed by atoms with Gasteiger partial charge in [0.2, 0.25) is 0 Å². The van der Waals surface area contributed by atoms with Crippen molar-refractivity contribution in [2.24, 2.45) is 11.3 Å². The number of hydrogen-bond acceptors (Lipinski definition) is 4. The number of carbonyl (C=O) groups excluding carboxylic acids is 1. The van der Waals surface area contributed by atoms with Crippen LogP contribution in [0.15, 0.2) is 34.4 Å². The first-order chi connectivity index (χ1) is 11.7. The predicted octanol–water partition coefficient (Wildman–Crippen LogP) is 4.66. The molecule has 0 aliphatic heterocycles. The largest absolute Gasteiger partial charge is 0.440 e. The summed E-state index contributed by atoms with van der Waals surface area (Å²) in [6.07, 6.45) is 4.28. The standard InChI is InChI=1S/C19H23ClN2O3/c1-12-7-14(10-19(2,3)9-12)22(4)17(23)11-24-18-21-15-8-13(20)5-6-16(15)25-18/h5-6,8,10,12H,7,9,11H2,1-4H3. The third-order valence-corrected chi connectivity index (χ3v) is 4.68. The van der Waals surface area contributed by atoms with E-state index in [4.69, 9.17) is 20.8 Å². The highest BCUT2D eigenvalue weighted by molar-refractivity contribution is 6.31. The molecule has 1 unspecified atom stereocenters. The van der Waals surface area contributed by atoms with Crippen LogP contribution in [0.5, 0.6) is 6.08 Å². The Morgan fingerprint density at radius 1 is 1.48 bits per heavy atom. The van der Waals surface area contributed by atoms with E-state index >= 15 is 0 Å². The lowest BCUT2D eigenvalue weighted by atomic mass is 9.76. The lowest BCUT2D eigenvalue weighted by molar-refractivity contribution is -0.131. The van der Waals surface area contributed by atoms with Crippen molar-refractivity contribution in [2.75, 3.05) is 13.7 Å². The molecule has 0 fully saturated rings. The molecule has 1 amide bonds. The Kier molecular flexibility index (Phi) is 4.78. The molecule has 0 saturated heterocycles. The fourth-order valence-corrected chi connectivity index (χ4v) is 3.62. The topological polar surface area (TPSA) is 55.6 Å². The maximum Gasteiger partial charge on any atom is 0.395 e. The van der Waals surface area contributed by atoms with E-state index in [1.54, 1.807) is 30.1 Å². The van der Waals surface area contributed by atoms with Crippen molar-refractivity contribution in [3.8, 4) is 6.08 Å². The van der Waals surface area contributed by atoms with Gasteiger partial charge in [0.25, 0.3) is 5.91 Å². The molecule has 0 N–H and O–H groups in total. The first-order valence-electron chi connectivity index (χ1n) is 8.41. The van der Waals surface area contributed by atoms with Crippen LogP contribution in [0.1, 0.15) is 33.6 Å². The summed E-state index contributed by atoms with van der Waals surface area (Å²) < 4.78 is 10.9. The summed E-state index contributed by atoms with van der Waals surface area (Å²) in [7, 11) is 1.79. The van der Waals surface area contributed by atoms with E-state index in [2.05, 4.69) is 31.8 Å². The maximum atomic E-state index is 12.5.